The molecule has 3 N–H and O–H groups in total. The SMILES string of the molecule is CC(C)CC1CCC(c2cc(N)n[nH]2)C1. The first kappa shape index (κ1) is 10.5. The first-order valence-electron chi connectivity index (χ1n) is 5.96. The number of rotatable bonds is 3. The number of aromatic amines is 1. The van der Waals surface area contributed by atoms with Crippen molar-refractivity contribution in [3.63, 3.8) is 0 Å². The van der Waals surface area contributed by atoms with Crippen molar-refractivity contribution in [3.8, 4) is 0 Å². The molecule has 2 atom stereocenters. The first-order valence-corrected chi connectivity index (χ1v) is 5.96. The van der Waals surface area contributed by atoms with E-state index in [4.69, 9.17) is 5.73 Å². The number of anilines is 1. The van der Waals surface area contributed by atoms with Gasteiger partial charge in [-0.15, -0.1) is 0 Å². The summed E-state index contributed by atoms with van der Waals surface area (Å²) in [5, 5.41) is 7.05. The molecular formula is C12H21N3. The average Bonchev–Trinajstić information content (AvgIpc) is 2.72. The van der Waals surface area contributed by atoms with Gasteiger partial charge in [0.2, 0.25) is 0 Å². The van der Waals surface area contributed by atoms with Crippen molar-refractivity contribution in [2.75, 3.05) is 5.73 Å². The van der Waals surface area contributed by atoms with Gasteiger partial charge in [0.1, 0.15) is 5.82 Å². The van der Waals surface area contributed by atoms with Crippen molar-refractivity contribution >= 4 is 5.82 Å². The van der Waals surface area contributed by atoms with Gasteiger partial charge < -0.3 is 5.73 Å². The highest BCUT2D eigenvalue weighted by Gasteiger charge is 2.27. The molecule has 2 rings (SSSR count). The summed E-state index contributed by atoms with van der Waals surface area (Å²) in [6.07, 6.45) is 5.32. The van der Waals surface area contributed by atoms with Crippen LogP contribution in [0, 0.1) is 11.8 Å². The standard InChI is InChI=1S/C12H21N3/c1-8(2)5-9-3-4-10(6-9)11-7-12(13)15-14-11/h7-10H,3-6H2,1-2H3,(H3,13,14,15). The third-order valence-corrected chi connectivity index (χ3v) is 3.40. The Hall–Kier alpha value is -0.990. The molecule has 0 amide bonds. The van der Waals surface area contributed by atoms with Crippen LogP contribution in [0.15, 0.2) is 6.07 Å². The number of hydrogen-bond acceptors (Lipinski definition) is 2. The maximum atomic E-state index is 5.62. The van der Waals surface area contributed by atoms with Crippen LogP contribution in [0.2, 0.25) is 0 Å². The molecule has 0 spiro atoms. The zero-order chi connectivity index (χ0) is 10.8. The lowest BCUT2D eigenvalue weighted by molar-refractivity contribution is 0.414. The molecule has 0 saturated heterocycles. The van der Waals surface area contributed by atoms with E-state index in [2.05, 4.69) is 24.0 Å². The van der Waals surface area contributed by atoms with Gasteiger partial charge in [-0.2, -0.15) is 5.10 Å². The molecule has 1 aromatic heterocycles. The van der Waals surface area contributed by atoms with Crippen LogP contribution in [-0.2, 0) is 0 Å². The molecule has 15 heavy (non-hydrogen) atoms. The van der Waals surface area contributed by atoms with E-state index in [0.717, 1.165) is 11.8 Å². The van der Waals surface area contributed by atoms with E-state index in [1.807, 2.05) is 6.07 Å². The van der Waals surface area contributed by atoms with Crippen LogP contribution in [0.3, 0.4) is 0 Å². The van der Waals surface area contributed by atoms with Gasteiger partial charge in [-0.05, 0) is 37.5 Å². The monoisotopic (exact) mass is 207 g/mol. The zero-order valence-electron chi connectivity index (χ0n) is 9.66. The minimum absolute atomic E-state index is 0.623. The van der Waals surface area contributed by atoms with Gasteiger partial charge in [-0.25, -0.2) is 0 Å². The van der Waals surface area contributed by atoms with Gasteiger partial charge in [0, 0.05) is 17.7 Å². The Balaban J connectivity index is 1.92. The highest BCUT2D eigenvalue weighted by atomic mass is 15.2. The number of hydrogen-bond donors (Lipinski definition) is 2. The van der Waals surface area contributed by atoms with Crippen molar-refractivity contribution < 1.29 is 0 Å². The number of nitrogens with zero attached hydrogens (tertiary/aromatic N) is 1. The Labute approximate surface area is 91.4 Å². The third-order valence-electron chi connectivity index (χ3n) is 3.40. The van der Waals surface area contributed by atoms with Crippen LogP contribution < -0.4 is 5.73 Å². The Morgan fingerprint density at radius 1 is 1.53 bits per heavy atom. The summed E-state index contributed by atoms with van der Waals surface area (Å²) in [6, 6.07) is 1.99. The summed E-state index contributed by atoms with van der Waals surface area (Å²) in [4.78, 5) is 0. The number of nitrogens with one attached hydrogen (secondary N) is 1. The second-order valence-electron chi connectivity index (χ2n) is 5.25. The van der Waals surface area contributed by atoms with Crippen molar-refractivity contribution in [3.05, 3.63) is 11.8 Å². The van der Waals surface area contributed by atoms with E-state index in [0.29, 0.717) is 11.7 Å². The molecule has 0 aliphatic heterocycles. The Kier molecular flexibility index (Phi) is 2.98. The topological polar surface area (TPSA) is 54.7 Å². The summed E-state index contributed by atoms with van der Waals surface area (Å²) < 4.78 is 0. The highest BCUT2D eigenvalue weighted by Crippen LogP contribution is 2.40. The normalized spacial score (nSPS) is 26.3. The minimum Gasteiger partial charge on any atom is -0.382 e. The fourth-order valence-electron chi connectivity index (χ4n) is 2.80. The van der Waals surface area contributed by atoms with Gasteiger partial charge in [0.15, 0.2) is 0 Å². The summed E-state index contributed by atoms with van der Waals surface area (Å²) in [5.74, 6) is 3.01. The second-order valence-corrected chi connectivity index (χ2v) is 5.25. The van der Waals surface area contributed by atoms with E-state index in [1.54, 1.807) is 0 Å². The molecule has 1 saturated carbocycles. The molecule has 1 heterocycles. The van der Waals surface area contributed by atoms with Crippen LogP contribution in [0.4, 0.5) is 5.82 Å². The van der Waals surface area contributed by atoms with E-state index in [9.17, 15) is 0 Å². The van der Waals surface area contributed by atoms with Crippen LogP contribution in [0.25, 0.3) is 0 Å². The summed E-state index contributed by atoms with van der Waals surface area (Å²) in [6.45, 7) is 4.61. The van der Waals surface area contributed by atoms with E-state index in [1.165, 1.54) is 31.4 Å². The molecule has 2 unspecified atom stereocenters. The van der Waals surface area contributed by atoms with Gasteiger partial charge in [0.25, 0.3) is 0 Å². The van der Waals surface area contributed by atoms with Crippen molar-refractivity contribution in [2.45, 2.75) is 45.4 Å². The minimum atomic E-state index is 0.623. The predicted molar refractivity (Wildman–Crippen MR) is 62.5 cm³/mol. The molecule has 1 aliphatic rings. The summed E-state index contributed by atoms with van der Waals surface area (Å²) >= 11 is 0. The smallest absolute Gasteiger partial charge is 0.145 e. The quantitative estimate of drug-likeness (QED) is 0.800. The van der Waals surface area contributed by atoms with Crippen molar-refractivity contribution in [2.24, 2.45) is 11.8 Å². The van der Waals surface area contributed by atoms with E-state index in [-0.39, 0.29) is 0 Å². The highest BCUT2D eigenvalue weighted by molar-refractivity contribution is 5.30. The van der Waals surface area contributed by atoms with Crippen LogP contribution in [-0.4, -0.2) is 10.2 Å². The van der Waals surface area contributed by atoms with Crippen LogP contribution >= 0.6 is 0 Å². The Morgan fingerprint density at radius 2 is 2.33 bits per heavy atom. The second kappa shape index (κ2) is 4.25. The van der Waals surface area contributed by atoms with Crippen molar-refractivity contribution in [1.29, 1.82) is 0 Å². The van der Waals surface area contributed by atoms with Gasteiger partial charge in [0.05, 0.1) is 0 Å². The molecule has 1 aliphatic carbocycles. The zero-order valence-corrected chi connectivity index (χ0v) is 9.66. The molecule has 0 radical (unpaired) electrons. The lowest BCUT2D eigenvalue weighted by Gasteiger charge is -2.12. The number of nitrogen functional groups attached to an aromatic ring is 1. The fourth-order valence-corrected chi connectivity index (χ4v) is 2.80. The van der Waals surface area contributed by atoms with Crippen LogP contribution in [0.5, 0.6) is 0 Å². The predicted octanol–water partition coefficient (Wildman–Crippen LogP) is 2.92. The molecular weight excluding hydrogens is 186 g/mol. The maximum Gasteiger partial charge on any atom is 0.145 e. The summed E-state index contributed by atoms with van der Waals surface area (Å²) in [7, 11) is 0. The number of nitrogens with two attached hydrogens (primary N) is 1. The van der Waals surface area contributed by atoms with Gasteiger partial charge >= 0.3 is 0 Å². The molecule has 1 fully saturated rings. The molecule has 3 heteroatoms. The molecule has 1 aromatic rings. The van der Waals surface area contributed by atoms with E-state index < -0.39 is 0 Å². The lowest BCUT2D eigenvalue weighted by Crippen LogP contribution is -2.00. The molecule has 84 valence electrons. The maximum absolute atomic E-state index is 5.62. The van der Waals surface area contributed by atoms with E-state index >= 15 is 0 Å². The van der Waals surface area contributed by atoms with Crippen molar-refractivity contribution in [1.82, 2.24) is 10.2 Å². The largest absolute Gasteiger partial charge is 0.382 e. The molecule has 0 aromatic carbocycles. The Morgan fingerprint density at radius 3 is 2.93 bits per heavy atom. The van der Waals surface area contributed by atoms with Gasteiger partial charge in [-0.1, -0.05) is 13.8 Å². The number of H-pyrrole nitrogens is 1. The number of aromatic nitrogens is 2. The molecule has 3 nitrogen and oxygen atoms in total. The average molecular weight is 207 g/mol. The first-order chi connectivity index (χ1) is 7.15. The lowest BCUT2D eigenvalue weighted by atomic mass is 9.94. The molecule has 0 bridgehead atoms. The fraction of sp³-hybridized carbons (Fsp3) is 0.750. The Bertz CT molecular complexity index is 316. The third kappa shape index (κ3) is 2.52. The van der Waals surface area contributed by atoms with Crippen LogP contribution in [0.1, 0.15) is 51.1 Å². The summed E-state index contributed by atoms with van der Waals surface area (Å²) in [5.41, 5.74) is 6.85. The van der Waals surface area contributed by atoms with Gasteiger partial charge in [-0.3, -0.25) is 5.10 Å².